The topological polar surface area (TPSA) is 61.4 Å². The van der Waals surface area contributed by atoms with Gasteiger partial charge in [0, 0.05) is 19.0 Å². The van der Waals surface area contributed by atoms with E-state index in [1.165, 1.54) is 44.9 Å². The number of hydrogen-bond acceptors (Lipinski definition) is 3. The van der Waals surface area contributed by atoms with Crippen molar-refractivity contribution in [3.8, 4) is 0 Å². The minimum Gasteiger partial charge on any atom is -0.353 e. The highest BCUT2D eigenvalue weighted by molar-refractivity contribution is 5.85. The van der Waals surface area contributed by atoms with Gasteiger partial charge in [-0.25, -0.2) is 0 Å². The lowest BCUT2D eigenvalue weighted by molar-refractivity contribution is -0.132. The second-order valence-electron chi connectivity index (χ2n) is 9.60. The second kappa shape index (κ2) is 7.49. The maximum atomic E-state index is 12.5. The van der Waals surface area contributed by atoms with Gasteiger partial charge in [0.2, 0.25) is 11.8 Å². The molecule has 2 amide bonds. The molecule has 0 spiro atoms. The average Bonchev–Trinajstić information content (AvgIpc) is 3.04. The van der Waals surface area contributed by atoms with E-state index in [1.807, 2.05) is 0 Å². The van der Waals surface area contributed by atoms with E-state index in [2.05, 4.69) is 22.5 Å². The SMILES string of the molecule is CCN1CCCC1CNC(=O)CNC(=O)CC12CC3CC(CC(C3)C1)C2. The monoisotopic (exact) mass is 361 g/mol. The summed E-state index contributed by atoms with van der Waals surface area (Å²) >= 11 is 0. The Labute approximate surface area is 157 Å². The first-order valence-electron chi connectivity index (χ1n) is 10.8. The molecule has 4 bridgehead atoms. The van der Waals surface area contributed by atoms with Crippen molar-refractivity contribution in [1.82, 2.24) is 15.5 Å². The van der Waals surface area contributed by atoms with Crippen molar-refractivity contribution < 1.29 is 9.59 Å². The first-order valence-corrected chi connectivity index (χ1v) is 10.8. The van der Waals surface area contributed by atoms with Gasteiger partial charge >= 0.3 is 0 Å². The van der Waals surface area contributed by atoms with E-state index in [9.17, 15) is 9.59 Å². The van der Waals surface area contributed by atoms with Gasteiger partial charge in [-0.05, 0) is 87.6 Å². The van der Waals surface area contributed by atoms with Gasteiger partial charge in [0.15, 0.2) is 0 Å². The maximum Gasteiger partial charge on any atom is 0.239 e. The Kier molecular flexibility index (Phi) is 5.27. The molecule has 1 heterocycles. The Morgan fingerprint density at radius 2 is 1.65 bits per heavy atom. The summed E-state index contributed by atoms with van der Waals surface area (Å²) in [4.78, 5) is 27.0. The van der Waals surface area contributed by atoms with Crippen LogP contribution in [0.5, 0.6) is 0 Å². The van der Waals surface area contributed by atoms with E-state index in [0.717, 1.165) is 37.3 Å². The number of nitrogens with one attached hydrogen (secondary N) is 2. The van der Waals surface area contributed by atoms with Gasteiger partial charge in [-0.15, -0.1) is 0 Å². The van der Waals surface area contributed by atoms with Crippen LogP contribution in [0.15, 0.2) is 0 Å². The van der Waals surface area contributed by atoms with Crippen LogP contribution in [0.1, 0.15) is 64.7 Å². The van der Waals surface area contributed by atoms with Crippen LogP contribution in [0.25, 0.3) is 0 Å². The summed E-state index contributed by atoms with van der Waals surface area (Å²) in [6, 6.07) is 0.465. The number of rotatable bonds is 7. The van der Waals surface area contributed by atoms with Gasteiger partial charge < -0.3 is 10.6 Å². The van der Waals surface area contributed by atoms with Crippen LogP contribution in [-0.4, -0.2) is 48.9 Å². The molecule has 0 aromatic heterocycles. The first kappa shape index (κ1) is 18.3. The van der Waals surface area contributed by atoms with E-state index in [4.69, 9.17) is 0 Å². The molecular formula is C21H35N3O2. The summed E-state index contributed by atoms with van der Waals surface area (Å²) in [5.41, 5.74) is 0.251. The summed E-state index contributed by atoms with van der Waals surface area (Å²) in [6.07, 6.45) is 10.9. The fourth-order valence-electron chi connectivity index (χ4n) is 6.93. The Hall–Kier alpha value is -1.10. The summed E-state index contributed by atoms with van der Waals surface area (Å²) in [5, 5.41) is 5.90. The molecule has 1 aliphatic heterocycles. The number of hydrogen-bond donors (Lipinski definition) is 2. The summed E-state index contributed by atoms with van der Waals surface area (Å²) in [7, 11) is 0. The Morgan fingerprint density at radius 3 is 2.27 bits per heavy atom. The summed E-state index contributed by atoms with van der Waals surface area (Å²) in [5.74, 6) is 2.63. The zero-order valence-electron chi connectivity index (χ0n) is 16.3. The van der Waals surface area contributed by atoms with Gasteiger partial charge in [0.25, 0.3) is 0 Å². The van der Waals surface area contributed by atoms with Crippen molar-refractivity contribution in [2.45, 2.75) is 70.8 Å². The van der Waals surface area contributed by atoms with Crippen LogP contribution in [0.2, 0.25) is 0 Å². The number of likely N-dealkylation sites (N-methyl/N-ethyl adjacent to an activating group) is 1. The third-order valence-electron chi connectivity index (χ3n) is 7.59. The van der Waals surface area contributed by atoms with Gasteiger partial charge in [-0.3, -0.25) is 14.5 Å². The molecule has 1 unspecified atom stereocenters. The van der Waals surface area contributed by atoms with Crippen molar-refractivity contribution in [1.29, 1.82) is 0 Å². The van der Waals surface area contributed by atoms with Gasteiger partial charge in [0.1, 0.15) is 0 Å². The molecule has 5 rings (SSSR count). The van der Waals surface area contributed by atoms with E-state index in [1.54, 1.807) is 0 Å². The van der Waals surface area contributed by atoms with Gasteiger partial charge in [-0.2, -0.15) is 0 Å². The van der Waals surface area contributed by atoms with Crippen molar-refractivity contribution in [2.75, 3.05) is 26.2 Å². The summed E-state index contributed by atoms with van der Waals surface area (Å²) in [6.45, 7) is 5.19. The lowest BCUT2D eigenvalue weighted by Crippen LogP contribution is -2.49. The Balaban J connectivity index is 1.19. The molecule has 5 nitrogen and oxygen atoms in total. The number of nitrogens with zero attached hydrogens (tertiary/aromatic N) is 1. The Bertz CT molecular complexity index is 512. The molecular weight excluding hydrogens is 326 g/mol. The van der Waals surface area contributed by atoms with Crippen LogP contribution in [0, 0.1) is 23.2 Å². The molecule has 1 saturated heterocycles. The number of likely N-dealkylation sites (tertiary alicyclic amines) is 1. The smallest absolute Gasteiger partial charge is 0.239 e. The fourth-order valence-corrected chi connectivity index (χ4v) is 6.93. The predicted octanol–water partition coefficient (Wildman–Crippen LogP) is 2.31. The quantitative estimate of drug-likeness (QED) is 0.731. The second-order valence-corrected chi connectivity index (χ2v) is 9.60. The minimum atomic E-state index is -0.0492. The average molecular weight is 362 g/mol. The van der Waals surface area contributed by atoms with E-state index in [-0.39, 0.29) is 23.8 Å². The van der Waals surface area contributed by atoms with Crippen molar-refractivity contribution >= 4 is 11.8 Å². The van der Waals surface area contributed by atoms with Crippen LogP contribution >= 0.6 is 0 Å². The van der Waals surface area contributed by atoms with Crippen LogP contribution in [-0.2, 0) is 9.59 Å². The van der Waals surface area contributed by atoms with E-state index < -0.39 is 0 Å². The lowest BCUT2D eigenvalue weighted by Gasteiger charge is -2.56. The lowest BCUT2D eigenvalue weighted by atomic mass is 9.49. The zero-order valence-corrected chi connectivity index (χ0v) is 16.3. The van der Waals surface area contributed by atoms with Gasteiger partial charge in [0.05, 0.1) is 6.54 Å². The van der Waals surface area contributed by atoms with Gasteiger partial charge in [-0.1, -0.05) is 6.92 Å². The highest BCUT2D eigenvalue weighted by Gasteiger charge is 2.51. The Morgan fingerprint density at radius 1 is 1.00 bits per heavy atom. The third-order valence-corrected chi connectivity index (χ3v) is 7.59. The van der Waals surface area contributed by atoms with Crippen LogP contribution in [0.4, 0.5) is 0 Å². The third kappa shape index (κ3) is 3.92. The van der Waals surface area contributed by atoms with E-state index >= 15 is 0 Å². The molecule has 0 aromatic carbocycles. The van der Waals surface area contributed by atoms with E-state index in [0.29, 0.717) is 19.0 Å². The maximum absolute atomic E-state index is 12.5. The fraction of sp³-hybridized carbons (Fsp3) is 0.905. The molecule has 4 saturated carbocycles. The molecule has 5 aliphatic rings. The predicted molar refractivity (Wildman–Crippen MR) is 102 cm³/mol. The normalized spacial score (nSPS) is 38.5. The molecule has 5 fully saturated rings. The highest BCUT2D eigenvalue weighted by atomic mass is 16.2. The molecule has 4 aliphatic carbocycles. The van der Waals surface area contributed by atoms with Crippen molar-refractivity contribution in [3.63, 3.8) is 0 Å². The number of carbonyl (C=O) groups is 2. The molecule has 0 radical (unpaired) electrons. The molecule has 2 N–H and O–H groups in total. The number of carbonyl (C=O) groups excluding carboxylic acids is 2. The summed E-state index contributed by atoms with van der Waals surface area (Å²) < 4.78 is 0. The molecule has 5 heteroatoms. The first-order chi connectivity index (χ1) is 12.5. The minimum absolute atomic E-state index is 0.0492. The largest absolute Gasteiger partial charge is 0.353 e. The highest BCUT2D eigenvalue weighted by Crippen LogP contribution is 2.61. The van der Waals surface area contributed by atoms with Crippen molar-refractivity contribution in [2.24, 2.45) is 23.2 Å². The standard InChI is InChI=1S/C21H35N3O2/c1-2-24-5-3-4-18(24)13-22-20(26)14-23-19(25)12-21-9-15-6-16(10-21)8-17(7-15)11-21/h15-18H,2-14H2,1H3,(H,22,26)(H,23,25). The zero-order chi connectivity index (χ0) is 18.1. The molecule has 0 aromatic rings. The number of amides is 2. The molecule has 1 atom stereocenters. The van der Waals surface area contributed by atoms with Crippen molar-refractivity contribution in [3.05, 3.63) is 0 Å². The van der Waals surface area contributed by atoms with Crippen LogP contribution in [0.3, 0.4) is 0 Å². The molecule has 26 heavy (non-hydrogen) atoms. The molecule has 146 valence electrons. The van der Waals surface area contributed by atoms with Crippen LogP contribution < -0.4 is 10.6 Å².